The molecule has 1 N–H and O–H groups in total. The van der Waals surface area contributed by atoms with Gasteiger partial charge in [-0.25, -0.2) is 0 Å². The molecule has 21 heavy (non-hydrogen) atoms. The van der Waals surface area contributed by atoms with Crippen molar-refractivity contribution in [3.05, 3.63) is 10.0 Å². The summed E-state index contributed by atoms with van der Waals surface area (Å²) < 4.78 is 0. The Morgan fingerprint density at radius 3 is 2.14 bits per heavy atom. The molecule has 0 aliphatic heterocycles. The number of hydrogen-bond acceptors (Lipinski definition) is 4. The Kier molecular flexibility index (Phi) is 5.09. The topological polar surface area (TPSA) is 37.8 Å². The van der Waals surface area contributed by atoms with Gasteiger partial charge in [-0.3, -0.25) is 0 Å². The Hall–Kier alpha value is -0.480. The fraction of sp³-hybridized carbons (Fsp3) is 0.882. The molecule has 4 heteroatoms. The van der Waals surface area contributed by atoms with Crippen molar-refractivity contribution < 1.29 is 0 Å². The van der Waals surface area contributed by atoms with Gasteiger partial charge in [-0.1, -0.05) is 32.1 Å². The van der Waals surface area contributed by atoms with Crippen LogP contribution in [-0.2, 0) is 6.54 Å². The van der Waals surface area contributed by atoms with Crippen LogP contribution in [0.5, 0.6) is 0 Å². The lowest BCUT2D eigenvalue weighted by atomic mass is 9.70. The lowest BCUT2D eigenvalue weighted by Gasteiger charge is -2.36. The molecule has 0 aromatic carbocycles. The highest BCUT2D eigenvalue weighted by Gasteiger charge is 2.31. The van der Waals surface area contributed by atoms with Gasteiger partial charge in [-0.05, 0) is 57.8 Å². The Morgan fingerprint density at radius 2 is 1.62 bits per heavy atom. The SMILES string of the molecule is CC(C)(C)NCc1nnc(C2CCC(C(C)(C)C)CC2)s1. The Balaban J connectivity index is 1.88. The fourth-order valence-corrected chi connectivity index (χ4v) is 4.00. The van der Waals surface area contributed by atoms with E-state index in [1.54, 1.807) is 11.3 Å². The second-order valence-corrected chi connectivity index (χ2v) is 9.65. The normalized spacial score (nSPS) is 24.3. The zero-order chi connectivity index (χ0) is 15.7. The Labute approximate surface area is 133 Å². The highest BCUT2D eigenvalue weighted by molar-refractivity contribution is 7.11. The van der Waals surface area contributed by atoms with E-state index in [2.05, 4.69) is 57.1 Å². The smallest absolute Gasteiger partial charge is 0.131 e. The van der Waals surface area contributed by atoms with E-state index in [-0.39, 0.29) is 5.54 Å². The third kappa shape index (κ3) is 5.03. The van der Waals surface area contributed by atoms with Crippen LogP contribution in [0.3, 0.4) is 0 Å². The minimum atomic E-state index is 0.136. The first-order valence-corrected chi connectivity index (χ1v) is 9.04. The van der Waals surface area contributed by atoms with Crippen molar-refractivity contribution in [1.82, 2.24) is 15.5 Å². The fourth-order valence-electron chi connectivity index (χ4n) is 3.05. The second kappa shape index (κ2) is 6.33. The van der Waals surface area contributed by atoms with Gasteiger partial charge in [-0.2, -0.15) is 0 Å². The summed E-state index contributed by atoms with van der Waals surface area (Å²) in [6.07, 6.45) is 5.24. The summed E-state index contributed by atoms with van der Waals surface area (Å²) in [5.41, 5.74) is 0.588. The third-order valence-corrected chi connectivity index (χ3v) is 5.64. The van der Waals surface area contributed by atoms with Crippen LogP contribution in [-0.4, -0.2) is 15.7 Å². The standard InChI is InChI=1S/C17H31N3S/c1-16(2,3)13-9-7-12(8-10-13)15-20-19-14(21-15)11-18-17(4,5)6/h12-13,18H,7-11H2,1-6H3. The van der Waals surface area contributed by atoms with E-state index >= 15 is 0 Å². The quantitative estimate of drug-likeness (QED) is 0.876. The first-order valence-electron chi connectivity index (χ1n) is 8.22. The molecule has 0 unspecified atom stereocenters. The van der Waals surface area contributed by atoms with E-state index in [4.69, 9.17) is 0 Å². The molecule has 1 aromatic heterocycles. The molecule has 0 saturated heterocycles. The Morgan fingerprint density at radius 1 is 1.00 bits per heavy atom. The molecule has 120 valence electrons. The van der Waals surface area contributed by atoms with Gasteiger partial charge in [0.05, 0.1) is 6.54 Å². The summed E-state index contributed by atoms with van der Waals surface area (Å²) in [5.74, 6) is 1.51. The minimum absolute atomic E-state index is 0.136. The zero-order valence-electron chi connectivity index (χ0n) is 14.5. The number of nitrogens with one attached hydrogen (secondary N) is 1. The lowest BCUT2D eigenvalue weighted by Crippen LogP contribution is -2.35. The van der Waals surface area contributed by atoms with E-state index in [1.165, 1.54) is 30.7 Å². The monoisotopic (exact) mass is 309 g/mol. The van der Waals surface area contributed by atoms with E-state index in [0.29, 0.717) is 11.3 Å². The van der Waals surface area contributed by atoms with Crippen molar-refractivity contribution in [1.29, 1.82) is 0 Å². The van der Waals surface area contributed by atoms with Crippen LogP contribution in [0.15, 0.2) is 0 Å². The number of rotatable bonds is 3. The summed E-state index contributed by atoms with van der Waals surface area (Å²) in [7, 11) is 0. The highest BCUT2D eigenvalue weighted by atomic mass is 32.1. The molecular weight excluding hydrogens is 278 g/mol. The largest absolute Gasteiger partial charge is 0.306 e. The summed E-state index contributed by atoms with van der Waals surface area (Å²) in [6.45, 7) is 14.5. The minimum Gasteiger partial charge on any atom is -0.306 e. The predicted molar refractivity (Wildman–Crippen MR) is 90.7 cm³/mol. The van der Waals surface area contributed by atoms with Crippen LogP contribution in [0, 0.1) is 11.3 Å². The van der Waals surface area contributed by atoms with E-state index in [0.717, 1.165) is 17.5 Å². The van der Waals surface area contributed by atoms with Crippen LogP contribution >= 0.6 is 11.3 Å². The highest BCUT2D eigenvalue weighted by Crippen LogP contribution is 2.43. The molecule has 1 saturated carbocycles. The zero-order valence-corrected chi connectivity index (χ0v) is 15.3. The van der Waals surface area contributed by atoms with Gasteiger partial charge in [0, 0.05) is 11.5 Å². The van der Waals surface area contributed by atoms with Crippen LogP contribution < -0.4 is 5.32 Å². The summed E-state index contributed by atoms with van der Waals surface area (Å²) in [6, 6.07) is 0. The first-order chi connectivity index (χ1) is 9.65. The average Bonchev–Trinajstić information content (AvgIpc) is 2.83. The summed E-state index contributed by atoms with van der Waals surface area (Å²) in [4.78, 5) is 0. The van der Waals surface area contributed by atoms with Crippen molar-refractivity contribution in [2.24, 2.45) is 11.3 Å². The van der Waals surface area contributed by atoms with Crippen LogP contribution in [0.25, 0.3) is 0 Å². The second-order valence-electron chi connectivity index (χ2n) is 8.55. The maximum absolute atomic E-state index is 4.46. The maximum atomic E-state index is 4.46. The van der Waals surface area contributed by atoms with Crippen molar-refractivity contribution in [2.45, 2.75) is 85.2 Å². The summed E-state index contributed by atoms with van der Waals surface area (Å²) >= 11 is 1.80. The first kappa shape index (κ1) is 16.9. The Bertz CT molecular complexity index is 445. The van der Waals surface area contributed by atoms with Gasteiger partial charge in [-0.15, -0.1) is 10.2 Å². The maximum Gasteiger partial charge on any atom is 0.131 e. The number of aromatic nitrogens is 2. The molecule has 0 bridgehead atoms. The van der Waals surface area contributed by atoms with Crippen LogP contribution in [0.2, 0.25) is 0 Å². The molecule has 0 atom stereocenters. The van der Waals surface area contributed by atoms with E-state index in [9.17, 15) is 0 Å². The van der Waals surface area contributed by atoms with Gasteiger partial charge < -0.3 is 5.32 Å². The average molecular weight is 310 g/mol. The van der Waals surface area contributed by atoms with E-state index < -0.39 is 0 Å². The summed E-state index contributed by atoms with van der Waals surface area (Å²) in [5, 5.41) is 14.7. The molecule has 1 aliphatic rings. The van der Waals surface area contributed by atoms with Crippen LogP contribution in [0.4, 0.5) is 0 Å². The molecule has 3 nitrogen and oxygen atoms in total. The van der Waals surface area contributed by atoms with Crippen LogP contribution in [0.1, 0.15) is 83.2 Å². The van der Waals surface area contributed by atoms with Gasteiger partial charge >= 0.3 is 0 Å². The predicted octanol–water partition coefficient (Wildman–Crippen LogP) is 4.75. The van der Waals surface area contributed by atoms with E-state index in [1.807, 2.05) is 0 Å². The van der Waals surface area contributed by atoms with Crippen molar-refractivity contribution in [3.63, 3.8) is 0 Å². The van der Waals surface area contributed by atoms with Gasteiger partial charge in [0.25, 0.3) is 0 Å². The molecule has 1 fully saturated rings. The molecule has 0 spiro atoms. The molecule has 1 heterocycles. The van der Waals surface area contributed by atoms with Gasteiger partial charge in [0.1, 0.15) is 10.0 Å². The van der Waals surface area contributed by atoms with Crippen molar-refractivity contribution >= 4 is 11.3 Å². The molecule has 0 radical (unpaired) electrons. The van der Waals surface area contributed by atoms with Crippen molar-refractivity contribution in [2.75, 3.05) is 0 Å². The molecule has 1 aromatic rings. The van der Waals surface area contributed by atoms with Gasteiger partial charge in [0.15, 0.2) is 0 Å². The molecule has 1 aliphatic carbocycles. The third-order valence-electron chi connectivity index (χ3n) is 4.55. The molecular formula is C17H31N3S. The number of hydrogen-bond donors (Lipinski definition) is 1. The molecule has 0 amide bonds. The number of nitrogens with zero attached hydrogens (tertiary/aromatic N) is 2. The molecule has 2 rings (SSSR count). The van der Waals surface area contributed by atoms with Gasteiger partial charge in [0.2, 0.25) is 0 Å². The van der Waals surface area contributed by atoms with Crippen molar-refractivity contribution in [3.8, 4) is 0 Å². The lowest BCUT2D eigenvalue weighted by molar-refractivity contribution is 0.169.